The quantitative estimate of drug-likeness (QED) is 0.679. The summed E-state index contributed by atoms with van der Waals surface area (Å²) < 4.78 is 10.7. The Morgan fingerprint density at radius 3 is 2.31 bits per heavy atom. The molecule has 6 nitrogen and oxygen atoms in total. The molecule has 3 aromatic rings. The molecular formula is C23H20N2O4. The fraction of sp³-hybridized carbons (Fsp3) is 0.130. The summed E-state index contributed by atoms with van der Waals surface area (Å²) in [6, 6.07) is 22.9. The number of benzene rings is 3. The summed E-state index contributed by atoms with van der Waals surface area (Å²) in [4.78, 5) is 25.6. The van der Waals surface area contributed by atoms with E-state index in [1.54, 1.807) is 42.5 Å². The average Bonchev–Trinajstić information content (AvgIpc) is 3.22. The van der Waals surface area contributed by atoms with Gasteiger partial charge in [-0.1, -0.05) is 48.5 Å². The molecule has 3 aromatic carbocycles. The van der Waals surface area contributed by atoms with Gasteiger partial charge < -0.3 is 20.1 Å². The number of ether oxygens (including phenoxy) is 2. The molecule has 1 unspecified atom stereocenters. The third-order valence-corrected chi connectivity index (χ3v) is 4.58. The van der Waals surface area contributed by atoms with Gasteiger partial charge in [-0.3, -0.25) is 9.59 Å². The lowest BCUT2D eigenvalue weighted by atomic mass is 10.0. The van der Waals surface area contributed by atoms with Crippen LogP contribution in [0.4, 0.5) is 5.69 Å². The van der Waals surface area contributed by atoms with Gasteiger partial charge in [0, 0.05) is 23.7 Å². The van der Waals surface area contributed by atoms with Crippen molar-refractivity contribution in [3.8, 4) is 11.5 Å². The highest BCUT2D eigenvalue weighted by atomic mass is 16.7. The summed E-state index contributed by atoms with van der Waals surface area (Å²) in [6.45, 7) is 0.163. The van der Waals surface area contributed by atoms with Crippen molar-refractivity contribution in [3.63, 3.8) is 0 Å². The Balaban J connectivity index is 1.52. The van der Waals surface area contributed by atoms with Gasteiger partial charge in [0.1, 0.15) is 6.04 Å². The average molecular weight is 388 g/mol. The standard InChI is InChI=1S/C23H20N2O4/c26-22(17-9-5-2-6-10-17)25-19(13-16-7-3-1-4-8-16)23(27)24-18-11-12-20-21(14-18)29-15-28-20/h1-12,14,19H,13,15H2,(H,24,27)(H,25,26). The van der Waals surface area contributed by atoms with Crippen molar-refractivity contribution in [2.24, 2.45) is 0 Å². The summed E-state index contributed by atoms with van der Waals surface area (Å²) in [7, 11) is 0. The van der Waals surface area contributed by atoms with E-state index in [1.807, 2.05) is 36.4 Å². The Labute approximate surface area is 168 Å². The first-order chi connectivity index (χ1) is 14.2. The maximum Gasteiger partial charge on any atom is 0.251 e. The molecule has 0 aromatic heterocycles. The lowest BCUT2D eigenvalue weighted by Gasteiger charge is -2.19. The first-order valence-electron chi connectivity index (χ1n) is 9.29. The van der Waals surface area contributed by atoms with Crippen LogP contribution < -0.4 is 20.1 Å². The van der Waals surface area contributed by atoms with Crippen molar-refractivity contribution in [1.29, 1.82) is 0 Å². The molecule has 1 atom stereocenters. The van der Waals surface area contributed by atoms with Gasteiger partial charge in [0.05, 0.1) is 0 Å². The van der Waals surface area contributed by atoms with Crippen LogP contribution in [-0.4, -0.2) is 24.6 Å². The summed E-state index contributed by atoms with van der Waals surface area (Å²) in [5.74, 6) is 0.612. The normalized spacial score (nSPS) is 12.8. The van der Waals surface area contributed by atoms with Crippen LogP contribution in [0.3, 0.4) is 0 Å². The van der Waals surface area contributed by atoms with Crippen molar-refractivity contribution in [1.82, 2.24) is 5.32 Å². The topological polar surface area (TPSA) is 76.7 Å². The van der Waals surface area contributed by atoms with E-state index < -0.39 is 6.04 Å². The zero-order valence-corrected chi connectivity index (χ0v) is 15.6. The lowest BCUT2D eigenvalue weighted by Crippen LogP contribution is -2.45. The number of hydrogen-bond donors (Lipinski definition) is 2. The van der Waals surface area contributed by atoms with Gasteiger partial charge in [0.2, 0.25) is 12.7 Å². The zero-order chi connectivity index (χ0) is 20.1. The number of carbonyl (C=O) groups is 2. The van der Waals surface area contributed by atoms with Gasteiger partial charge in [-0.25, -0.2) is 0 Å². The molecule has 0 aliphatic carbocycles. The molecule has 0 spiro atoms. The van der Waals surface area contributed by atoms with Gasteiger partial charge >= 0.3 is 0 Å². The molecule has 29 heavy (non-hydrogen) atoms. The third kappa shape index (κ3) is 4.55. The van der Waals surface area contributed by atoms with E-state index in [9.17, 15) is 9.59 Å². The highest BCUT2D eigenvalue weighted by molar-refractivity contribution is 6.01. The number of hydrogen-bond acceptors (Lipinski definition) is 4. The second-order valence-corrected chi connectivity index (χ2v) is 6.64. The molecule has 0 saturated carbocycles. The molecule has 0 radical (unpaired) electrons. The van der Waals surface area contributed by atoms with Crippen molar-refractivity contribution in [2.75, 3.05) is 12.1 Å². The fourth-order valence-corrected chi connectivity index (χ4v) is 3.09. The van der Waals surface area contributed by atoms with Crippen LogP contribution in [-0.2, 0) is 11.2 Å². The van der Waals surface area contributed by atoms with E-state index in [2.05, 4.69) is 10.6 Å². The molecule has 1 heterocycles. The molecule has 0 fully saturated rings. The Kier molecular flexibility index (Phi) is 5.42. The summed E-state index contributed by atoms with van der Waals surface area (Å²) >= 11 is 0. The van der Waals surface area contributed by atoms with E-state index in [0.717, 1.165) is 5.56 Å². The first kappa shape index (κ1) is 18.6. The Morgan fingerprint density at radius 2 is 1.55 bits per heavy atom. The molecule has 2 N–H and O–H groups in total. The summed E-state index contributed by atoms with van der Waals surface area (Å²) in [5.41, 5.74) is 2.03. The Bertz CT molecular complexity index is 1010. The minimum atomic E-state index is -0.740. The van der Waals surface area contributed by atoms with Crippen molar-refractivity contribution in [2.45, 2.75) is 12.5 Å². The van der Waals surface area contributed by atoms with Gasteiger partial charge in [0.25, 0.3) is 5.91 Å². The maximum absolute atomic E-state index is 13.0. The van der Waals surface area contributed by atoms with Crippen LogP contribution in [0, 0.1) is 0 Å². The molecule has 2 amide bonds. The number of anilines is 1. The summed E-state index contributed by atoms with van der Waals surface area (Å²) in [5, 5.41) is 5.71. The van der Waals surface area contributed by atoms with Crippen LogP contribution >= 0.6 is 0 Å². The van der Waals surface area contributed by atoms with E-state index in [-0.39, 0.29) is 18.6 Å². The number of carbonyl (C=O) groups excluding carboxylic acids is 2. The number of rotatable bonds is 6. The van der Waals surface area contributed by atoms with Gasteiger partial charge in [-0.05, 0) is 29.8 Å². The van der Waals surface area contributed by atoms with Crippen LogP contribution in [0.25, 0.3) is 0 Å². The largest absolute Gasteiger partial charge is 0.454 e. The number of nitrogens with one attached hydrogen (secondary N) is 2. The van der Waals surface area contributed by atoms with E-state index in [1.165, 1.54) is 0 Å². The van der Waals surface area contributed by atoms with Crippen LogP contribution in [0.1, 0.15) is 15.9 Å². The molecule has 1 aliphatic heterocycles. The fourth-order valence-electron chi connectivity index (χ4n) is 3.09. The first-order valence-corrected chi connectivity index (χ1v) is 9.29. The van der Waals surface area contributed by atoms with E-state index >= 15 is 0 Å². The molecule has 1 aliphatic rings. The molecule has 0 saturated heterocycles. The molecule has 0 bridgehead atoms. The van der Waals surface area contributed by atoms with Crippen LogP contribution in [0.5, 0.6) is 11.5 Å². The van der Waals surface area contributed by atoms with Crippen molar-refractivity contribution >= 4 is 17.5 Å². The third-order valence-electron chi connectivity index (χ3n) is 4.58. The predicted molar refractivity (Wildman–Crippen MR) is 109 cm³/mol. The van der Waals surface area contributed by atoms with E-state index in [4.69, 9.17) is 9.47 Å². The number of fused-ring (bicyclic) bond motifs is 1. The van der Waals surface area contributed by atoms with Crippen molar-refractivity contribution in [3.05, 3.63) is 90.0 Å². The minimum absolute atomic E-state index is 0.163. The highest BCUT2D eigenvalue weighted by Crippen LogP contribution is 2.34. The number of amides is 2. The summed E-state index contributed by atoms with van der Waals surface area (Å²) in [6.07, 6.45) is 0.371. The molecular weight excluding hydrogens is 368 g/mol. The molecule has 4 rings (SSSR count). The van der Waals surface area contributed by atoms with Gasteiger partial charge in [-0.2, -0.15) is 0 Å². The predicted octanol–water partition coefficient (Wildman–Crippen LogP) is 3.40. The highest BCUT2D eigenvalue weighted by Gasteiger charge is 2.23. The van der Waals surface area contributed by atoms with E-state index in [0.29, 0.717) is 29.2 Å². The smallest absolute Gasteiger partial charge is 0.251 e. The monoisotopic (exact) mass is 388 g/mol. The Hall–Kier alpha value is -3.80. The minimum Gasteiger partial charge on any atom is -0.454 e. The SMILES string of the molecule is O=C(NC(Cc1ccccc1)C(=O)Nc1ccc2c(c1)OCO2)c1ccccc1. The second-order valence-electron chi connectivity index (χ2n) is 6.64. The van der Waals surface area contributed by atoms with Gasteiger partial charge in [-0.15, -0.1) is 0 Å². The Morgan fingerprint density at radius 1 is 0.862 bits per heavy atom. The second kappa shape index (κ2) is 8.48. The molecule has 146 valence electrons. The van der Waals surface area contributed by atoms with Crippen molar-refractivity contribution < 1.29 is 19.1 Å². The molecule has 6 heteroatoms. The van der Waals surface area contributed by atoms with Gasteiger partial charge in [0.15, 0.2) is 11.5 Å². The lowest BCUT2D eigenvalue weighted by molar-refractivity contribution is -0.118. The van der Waals surface area contributed by atoms with Crippen LogP contribution in [0.15, 0.2) is 78.9 Å². The zero-order valence-electron chi connectivity index (χ0n) is 15.6. The maximum atomic E-state index is 13.0. The van der Waals surface area contributed by atoms with Crippen LogP contribution in [0.2, 0.25) is 0 Å².